The standard InChI is InChI=1S/C20H17ClN4OS/c1-13(14-5-4-6-15(21)9-14)23-19(26)10-25-18-8-3-2-7-16(18)24-20(25)17-11-27-12-22-17/h2-9,11-13H,10H2,1H3,(H,23,26)/t13-/m1/s1. The van der Waals surface area contributed by atoms with Crippen molar-refractivity contribution in [2.75, 3.05) is 0 Å². The number of imidazole rings is 1. The molecule has 0 bridgehead atoms. The Hall–Kier alpha value is -2.70. The molecule has 1 atom stereocenters. The third kappa shape index (κ3) is 3.72. The normalized spacial score (nSPS) is 12.2. The van der Waals surface area contributed by atoms with Crippen molar-refractivity contribution in [2.45, 2.75) is 19.5 Å². The van der Waals surface area contributed by atoms with Gasteiger partial charge in [0.25, 0.3) is 0 Å². The molecule has 136 valence electrons. The Morgan fingerprint density at radius 2 is 2.11 bits per heavy atom. The summed E-state index contributed by atoms with van der Waals surface area (Å²) in [6.07, 6.45) is 0. The van der Waals surface area contributed by atoms with Crippen molar-refractivity contribution in [2.24, 2.45) is 0 Å². The van der Waals surface area contributed by atoms with Crippen LogP contribution < -0.4 is 5.32 Å². The molecule has 0 unspecified atom stereocenters. The Bertz CT molecular complexity index is 1090. The lowest BCUT2D eigenvalue weighted by Crippen LogP contribution is -2.30. The number of thiazole rings is 1. The van der Waals surface area contributed by atoms with Crippen LogP contribution >= 0.6 is 22.9 Å². The third-order valence-electron chi connectivity index (χ3n) is 4.34. The molecule has 2 heterocycles. The SMILES string of the molecule is C[C@@H](NC(=O)Cn1c(-c2cscn2)nc2ccccc21)c1cccc(Cl)c1. The number of halogens is 1. The zero-order valence-electron chi connectivity index (χ0n) is 14.6. The van der Waals surface area contributed by atoms with Gasteiger partial charge in [-0.25, -0.2) is 9.97 Å². The van der Waals surface area contributed by atoms with Gasteiger partial charge in [-0.2, -0.15) is 0 Å². The van der Waals surface area contributed by atoms with E-state index in [-0.39, 0.29) is 18.5 Å². The van der Waals surface area contributed by atoms with Crippen LogP contribution in [0, 0.1) is 0 Å². The Morgan fingerprint density at radius 1 is 1.26 bits per heavy atom. The van der Waals surface area contributed by atoms with Gasteiger partial charge in [0, 0.05) is 10.4 Å². The lowest BCUT2D eigenvalue weighted by Gasteiger charge is -2.16. The third-order valence-corrected chi connectivity index (χ3v) is 5.17. The summed E-state index contributed by atoms with van der Waals surface area (Å²) in [5.41, 5.74) is 5.25. The molecule has 0 spiro atoms. The van der Waals surface area contributed by atoms with E-state index in [2.05, 4.69) is 15.3 Å². The maximum Gasteiger partial charge on any atom is 0.240 e. The Labute approximate surface area is 165 Å². The first kappa shape index (κ1) is 17.7. The highest BCUT2D eigenvalue weighted by Gasteiger charge is 2.17. The Balaban J connectivity index is 1.61. The molecule has 4 aromatic rings. The maximum absolute atomic E-state index is 12.7. The highest BCUT2D eigenvalue weighted by molar-refractivity contribution is 7.07. The van der Waals surface area contributed by atoms with E-state index in [4.69, 9.17) is 11.6 Å². The van der Waals surface area contributed by atoms with Gasteiger partial charge in [0.1, 0.15) is 12.2 Å². The van der Waals surface area contributed by atoms with E-state index in [0.717, 1.165) is 22.3 Å². The lowest BCUT2D eigenvalue weighted by atomic mass is 10.1. The molecule has 2 aromatic carbocycles. The summed E-state index contributed by atoms with van der Waals surface area (Å²) in [6, 6.07) is 15.1. The van der Waals surface area contributed by atoms with Gasteiger partial charge < -0.3 is 9.88 Å². The summed E-state index contributed by atoms with van der Waals surface area (Å²) in [5, 5.41) is 5.62. The van der Waals surface area contributed by atoms with Crippen LogP contribution in [-0.2, 0) is 11.3 Å². The first-order chi connectivity index (χ1) is 13.1. The number of carbonyl (C=O) groups is 1. The zero-order valence-corrected chi connectivity index (χ0v) is 16.2. The summed E-state index contributed by atoms with van der Waals surface area (Å²) < 4.78 is 1.91. The van der Waals surface area contributed by atoms with Crippen molar-refractivity contribution < 1.29 is 4.79 Å². The highest BCUT2D eigenvalue weighted by Crippen LogP contribution is 2.25. The average Bonchev–Trinajstić information content (AvgIpc) is 3.30. The number of fused-ring (bicyclic) bond motifs is 1. The minimum Gasteiger partial charge on any atom is -0.348 e. The molecule has 0 saturated heterocycles. The highest BCUT2D eigenvalue weighted by atomic mass is 35.5. The van der Waals surface area contributed by atoms with Crippen molar-refractivity contribution in [3.8, 4) is 11.5 Å². The predicted molar refractivity (Wildman–Crippen MR) is 109 cm³/mol. The van der Waals surface area contributed by atoms with Crippen LogP contribution in [0.3, 0.4) is 0 Å². The first-order valence-corrected chi connectivity index (χ1v) is 9.82. The van der Waals surface area contributed by atoms with E-state index in [0.29, 0.717) is 10.8 Å². The van der Waals surface area contributed by atoms with Crippen LogP contribution in [0.25, 0.3) is 22.6 Å². The molecular weight excluding hydrogens is 380 g/mol. The van der Waals surface area contributed by atoms with Gasteiger partial charge in [-0.05, 0) is 36.8 Å². The van der Waals surface area contributed by atoms with E-state index in [1.165, 1.54) is 11.3 Å². The van der Waals surface area contributed by atoms with Crippen molar-refractivity contribution in [3.05, 3.63) is 70.0 Å². The van der Waals surface area contributed by atoms with Gasteiger partial charge in [-0.3, -0.25) is 4.79 Å². The zero-order chi connectivity index (χ0) is 18.8. The second-order valence-electron chi connectivity index (χ2n) is 6.23. The first-order valence-electron chi connectivity index (χ1n) is 8.50. The molecule has 0 aliphatic heterocycles. The molecule has 0 saturated carbocycles. The molecule has 1 amide bonds. The van der Waals surface area contributed by atoms with Gasteiger partial charge in [-0.15, -0.1) is 11.3 Å². The number of hydrogen-bond donors (Lipinski definition) is 1. The topological polar surface area (TPSA) is 59.8 Å². The second kappa shape index (κ2) is 7.50. The van der Waals surface area contributed by atoms with Crippen molar-refractivity contribution in [1.29, 1.82) is 0 Å². The monoisotopic (exact) mass is 396 g/mol. The number of benzene rings is 2. The van der Waals surface area contributed by atoms with Crippen molar-refractivity contribution in [1.82, 2.24) is 19.9 Å². The van der Waals surface area contributed by atoms with E-state index in [9.17, 15) is 4.79 Å². The van der Waals surface area contributed by atoms with Gasteiger partial charge in [0.05, 0.1) is 22.6 Å². The predicted octanol–water partition coefficient (Wildman–Crippen LogP) is 4.69. The van der Waals surface area contributed by atoms with Gasteiger partial charge in [0.15, 0.2) is 5.82 Å². The quantitative estimate of drug-likeness (QED) is 0.532. The number of hydrogen-bond acceptors (Lipinski definition) is 4. The van der Waals surface area contributed by atoms with E-state index in [1.807, 2.05) is 65.4 Å². The molecule has 4 rings (SSSR count). The summed E-state index contributed by atoms with van der Waals surface area (Å²) in [4.78, 5) is 21.8. The number of aromatic nitrogens is 3. The summed E-state index contributed by atoms with van der Waals surface area (Å²) in [6.45, 7) is 2.11. The molecule has 5 nitrogen and oxygen atoms in total. The minimum absolute atomic E-state index is 0.0953. The molecule has 7 heteroatoms. The fourth-order valence-corrected chi connectivity index (χ4v) is 3.77. The largest absolute Gasteiger partial charge is 0.348 e. The number of amides is 1. The molecular formula is C20H17ClN4OS. The maximum atomic E-state index is 12.7. The summed E-state index contributed by atoms with van der Waals surface area (Å²) >= 11 is 7.56. The van der Waals surface area contributed by atoms with Crippen LogP contribution in [0.5, 0.6) is 0 Å². The van der Waals surface area contributed by atoms with Crippen LogP contribution in [-0.4, -0.2) is 20.4 Å². The van der Waals surface area contributed by atoms with Gasteiger partial charge in [0.2, 0.25) is 5.91 Å². The Kier molecular flexibility index (Phi) is 4.92. The van der Waals surface area contributed by atoms with Crippen LogP contribution in [0.1, 0.15) is 18.5 Å². The molecule has 0 aliphatic carbocycles. The molecule has 0 fully saturated rings. The minimum atomic E-state index is -0.145. The number of para-hydroxylation sites is 2. The van der Waals surface area contributed by atoms with E-state index < -0.39 is 0 Å². The molecule has 0 radical (unpaired) electrons. The second-order valence-corrected chi connectivity index (χ2v) is 7.38. The van der Waals surface area contributed by atoms with Crippen molar-refractivity contribution >= 4 is 39.9 Å². The number of nitrogens with zero attached hydrogens (tertiary/aromatic N) is 3. The van der Waals surface area contributed by atoms with E-state index >= 15 is 0 Å². The molecule has 0 aliphatic rings. The lowest BCUT2D eigenvalue weighted by molar-refractivity contribution is -0.122. The molecule has 27 heavy (non-hydrogen) atoms. The number of rotatable bonds is 5. The molecule has 2 aromatic heterocycles. The average molecular weight is 397 g/mol. The fourth-order valence-electron chi connectivity index (χ4n) is 3.04. The van der Waals surface area contributed by atoms with Crippen LogP contribution in [0.2, 0.25) is 5.02 Å². The smallest absolute Gasteiger partial charge is 0.240 e. The van der Waals surface area contributed by atoms with Crippen LogP contribution in [0.4, 0.5) is 0 Å². The summed E-state index contributed by atoms with van der Waals surface area (Å²) in [7, 11) is 0. The summed E-state index contributed by atoms with van der Waals surface area (Å²) in [5.74, 6) is 0.602. The fraction of sp³-hybridized carbons (Fsp3) is 0.150. The van der Waals surface area contributed by atoms with Gasteiger partial charge >= 0.3 is 0 Å². The van der Waals surface area contributed by atoms with Crippen molar-refractivity contribution in [3.63, 3.8) is 0 Å². The van der Waals surface area contributed by atoms with E-state index in [1.54, 1.807) is 5.51 Å². The molecule has 1 N–H and O–H groups in total. The Morgan fingerprint density at radius 3 is 2.89 bits per heavy atom. The van der Waals surface area contributed by atoms with Gasteiger partial charge in [-0.1, -0.05) is 35.9 Å². The number of carbonyl (C=O) groups excluding carboxylic acids is 1. The van der Waals surface area contributed by atoms with Crippen LogP contribution in [0.15, 0.2) is 59.4 Å². The number of nitrogens with one attached hydrogen (secondary N) is 1.